The maximum atomic E-state index is 14.8. The molecule has 0 bridgehead atoms. The van der Waals surface area contributed by atoms with E-state index in [-0.39, 0.29) is 25.1 Å². The molecule has 2 fully saturated rings. The van der Waals surface area contributed by atoms with Crippen molar-refractivity contribution >= 4 is 38.4 Å². The van der Waals surface area contributed by atoms with Gasteiger partial charge in [0.2, 0.25) is 11.8 Å². The van der Waals surface area contributed by atoms with Crippen LogP contribution in [-0.2, 0) is 4.74 Å². The van der Waals surface area contributed by atoms with Gasteiger partial charge in [0, 0.05) is 38.2 Å². The quantitative estimate of drug-likeness (QED) is 0.557. The van der Waals surface area contributed by atoms with Gasteiger partial charge in [-0.1, -0.05) is 11.3 Å². The Bertz CT molecular complexity index is 953. The second-order valence-electron chi connectivity index (χ2n) is 7.79. The first kappa shape index (κ1) is 21.9. The summed E-state index contributed by atoms with van der Waals surface area (Å²) in [5.41, 5.74) is 0.233. The fourth-order valence-electron chi connectivity index (χ4n) is 4.10. The first-order valence-electron chi connectivity index (χ1n) is 10.1. The molecule has 31 heavy (non-hydrogen) atoms. The van der Waals surface area contributed by atoms with E-state index in [0.29, 0.717) is 73.3 Å². The van der Waals surface area contributed by atoms with Crippen LogP contribution in [0.15, 0.2) is 0 Å². The Labute approximate surface area is 182 Å². The van der Waals surface area contributed by atoms with Gasteiger partial charge in [-0.3, -0.25) is 5.32 Å². The highest BCUT2D eigenvalue weighted by atomic mass is 32.1. The van der Waals surface area contributed by atoms with Gasteiger partial charge in [-0.05, 0) is 12.8 Å². The number of aromatic nitrogens is 2. The lowest BCUT2D eigenvalue weighted by Gasteiger charge is -2.29. The minimum atomic E-state index is -0.649. The number of methoxy groups -OCH3 is 1. The van der Waals surface area contributed by atoms with Crippen molar-refractivity contribution in [2.75, 3.05) is 69.9 Å². The van der Waals surface area contributed by atoms with Crippen LogP contribution in [0.3, 0.4) is 0 Å². The Morgan fingerprint density at radius 3 is 2.77 bits per heavy atom. The number of anilines is 2. The van der Waals surface area contributed by atoms with Gasteiger partial charge in [-0.15, -0.1) is 0 Å². The van der Waals surface area contributed by atoms with Crippen LogP contribution in [0.2, 0.25) is 0 Å². The van der Waals surface area contributed by atoms with Crippen LogP contribution in [0.5, 0.6) is 5.88 Å². The Balaban J connectivity index is 1.59. The van der Waals surface area contributed by atoms with Gasteiger partial charge in [-0.2, -0.15) is 9.37 Å². The number of amides is 2. The summed E-state index contributed by atoms with van der Waals surface area (Å²) in [5.74, 6) is -0.589. The number of thiazole rings is 1. The highest BCUT2D eigenvalue weighted by molar-refractivity contribution is 7.23. The highest BCUT2D eigenvalue weighted by Gasteiger charge is 2.39. The third-order valence-electron chi connectivity index (χ3n) is 5.88. The summed E-state index contributed by atoms with van der Waals surface area (Å²) >= 11 is 1.16. The van der Waals surface area contributed by atoms with E-state index >= 15 is 0 Å². The zero-order valence-corrected chi connectivity index (χ0v) is 18.1. The van der Waals surface area contributed by atoms with Crippen molar-refractivity contribution in [2.24, 2.45) is 5.41 Å². The molecule has 170 valence electrons. The summed E-state index contributed by atoms with van der Waals surface area (Å²) in [6.07, 6.45) is 1.04. The minimum absolute atomic E-state index is 0.0451. The lowest BCUT2D eigenvalue weighted by atomic mass is 9.85. The number of aliphatic hydroxyl groups is 2. The second kappa shape index (κ2) is 9.07. The van der Waals surface area contributed by atoms with E-state index in [1.165, 1.54) is 7.11 Å². The molecule has 0 aromatic carbocycles. The van der Waals surface area contributed by atoms with Gasteiger partial charge in [0.15, 0.2) is 5.13 Å². The number of urea groups is 1. The predicted molar refractivity (Wildman–Crippen MR) is 113 cm³/mol. The molecule has 2 amide bonds. The fourth-order valence-corrected chi connectivity index (χ4v) is 5.11. The van der Waals surface area contributed by atoms with Gasteiger partial charge >= 0.3 is 6.03 Å². The molecular formula is C19H26FN5O5S. The SMILES string of the molecule is COc1nc(F)c(N2CCOCC2)c2sc(NC(=O)N3CC[C@@](CO)(CCO)C3)nc12. The van der Waals surface area contributed by atoms with Crippen molar-refractivity contribution in [3.63, 3.8) is 0 Å². The molecule has 10 nitrogen and oxygen atoms in total. The first-order chi connectivity index (χ1) is 15.0. The number of carbonyl (C=O) groups is 1. The number of hydrogen-bond donors (Lipinski definition) is 3. The monoisotopic (exact) mass is 455 g/mol. The molecule has 4 rings (SSSR count). The largest absolute Gasteiger partial charge is 0.479 e. The van der Waals surface area contributed by atoms with E-state index in [2.05, 4.69) is 15.3 Å². The molecule has 2 saturated heterocycles. The van der Waals surface area contributed by atoms with Crippen LogP contribution in [0.25, 0.3) is 10.2 Å². The molecule has 0 radical (unpaired) electrons. The molecule has 0 saturated carbocycles. The molecule has 4 heterocycles. The third-order valence-corrected chi connectivity index (χ3v) is 6.86. The van der Waals surface area contributed by atoms with Crippen molar-refractivity contribution in [3.8, 4) is 5.88 Å². The van der Waals surface area contributed by atoms with E-state index in [1.807, 2.05) is 4.90 Å². The maximum absolute atomic E-state index is 14.8. The zero-order valence-electron chi connectivity index (χ0n) is 17.3. The lowest BCUT2D eigenvalue weighted by Crippen LogP contribution is -2.37. The Morgan fingerprint density at radius 2 is 2.10 bits per heavy atom. The third kappa shape index (κ3) is 4.25. The molecule has 0 aliphatic carbocycles. The number of halogens is 1. The van der Waals surface area contributed by atoms with Crippen molar-refractivity contribution in [1.29, 1.82) is 0 Å². The summed E-state index contributed by atoms with van der Waals surface area (Å²) < 4.78 is 26.0. The van der Waals surface area contributed by atoms with Crippen molar-refractivity contribution in [2.45, 2.75) is 12.8 Å². The van der Waals surface area contributed by atoms with E-state index in [1.54, 1.807) is 4.90 Å². The van der Waals surface area contributed by atoms with Crippen LogP contribution in [0.1, 0.15) is 12.8 Å². The molecule has 1 atom stereocenters. The van der Waals surface area contributed by atoms with Crippen molar-refractivity contribution in [3.05, 3.63) is 5.95 Å². The standard InChI is InChI=1S/C19H26FN5O5S/c1-29-16-12-14(13(15(20)22-16)24-5-8-30-9-6-24)31-17(21-12)23-18(28)25-4-2-19(10-25,11-27)3-7-26/h26-27H,2-11H2,1H3,(H,21,23,28)/t19-/m1/s1. The van der Waals surface area contributed by atoms with E-state index < -0.39 is 11.4 Å². The number of rotatable bonds is 6. The lowest BCUT2D eigenvalue weighted by molar-refractivity contribution is 0.0990. The average molecular weight is 456 g/mol. The van der Waals surface area contributed by atoms with Crippen LogP contribution < -0.4 is 15.0 Å². The molecular weight excluding hydrogens is 429 g/mol. The summed E-state index contributed by atoms with van der Waals surface area (Å²) in [7, 11) is 1.40. The van der Waals surface area contributed by atoms with E-state index in [0.717, 1.165) is 11.3 Å². The normalized spacial score (nSPS) is 21.7. The smallest absolute Gasteiger partial charge is 0.323 e. The Hall–Kier alpha value is -2.28. The fraction of sp³-hybridized carbons (Fsp3) is 0.632. The van der Waals surface area contributed by atoms with Crippen LogP contribution in [-0.4, -0.2) is 90.8 Å². The number of nitrogens with zero attached hydrogens (tertiary/aromatic N) is 4. The molecule has 2 aromatic rings. The van der Waals surface area contributed by atoms with Gasteiger partial charge in [0.05, 0.1) is 31.6 Å². The number of ether oxygens (including phenoxy) is 2. The van der Waals surface area contributed by atoms with E-state index in [4.69, 9.17) is 9.47 Å². The second-order valence-corrected chi connectivity index (χ2v) is 8.79. The molecule has 0 unspecified atom stereocenters. The number of pyridine rings is 1. The summed E-state index contributed by atoms with van der Waals surface area (Å²) in [6, 6.07) is -0.354. The van der Waals surface area contributed by atoms with Gasteiger partial charge in [-0.25, -0.2) is 9.78 Å². The molecule has 0 spiro atoms. The van der Waals surface area contributed by atoms with Crippen LogP contribution >= 0.6 is 11.3 Å². The number of fused-ring (bicyclic) bond motifs is 1. The van der Waals surface area contributed by atoms with Gasteiger partial charge in [0.25, 0.3) is 0 Å². The average Bonchev–Trinajstić information content (AvgIpc) is 3.39. The number of hydrogen-bond acceptors (Lipinski definition) is 9. The van der Waals surface area contributed by atoms with Gasteiger partial charge in [0.1, 0.15) is 11.2 Å². The zero-order chi connectivity index (χ0) is 22.0. The minimum Gasteiger partial charge on any atom is -0.479 e. The van der Waals surface area contributed by atoms with E-state index in [9.17, 15) is 19.4 Å². The molecule has 2 aromatic heterocycles. The van der Waals surface area contributed by atoms with Gasteiger partial charge < -0.3 is 29.5 Å². The van der Waals surface area contributed by atoms with Crippen LogP contribution in [0, 0.1) is 11.4 Å². The van der Waals surface area contributed by atoms with Crippen LogP contribution in [0.4, 0.5) is 20.0 Å². The Morgan fingerprint density at radius 1 is 1.32 bits per heavy atom. The highest BCUT2D eigenvalue weighted by Crippen LogP contribution is 2.40. The maximum Gasteiger partial charge on any atom is 0.323 e. The topological polar surface area (TPSA) is 120 Å². The predicted octanol–water partition coefficient (Wildman–Crippen LogP) is 1.27. The molecule has 3 N–H and O–H groups in total. The number of morpholine rings is 1. The summed E-state index contributed by atoms with van der Waals surface area (Å²) in [4.78, 5) is 24.6. The number of likely N-dealkylation sites (tertiary alicyclic amines) is 1. The molecule has 12 heteroatoms. The van der Waals surface area contributed by atoms with Crippen molar-refractivity contribution in [1.82, 2.24) is 14.9 Å². The first-order valence-corrected chi connectivity index (χ1v) is 11.0. The van der Waals surface area contributed by atoms with Crippen molar-refractivity contribution < 1.29 is 28.9 Å². The number of aliphatic hydroxyl groups excluding tert-OH is 2. The summed E-state index contributed by atoms with van der Waals surface area (Å²) in [5, 5.41) is 22.1. The summed E-state index contributed by atoms with van der Waals surface area (Å²) in [6.45, 7) is 2.72. The molecule has 2 aliphatic heterocycles. The number of carbonyl (C=O) groups excluding carboxylic acids is 1. The Kier molecular flexibility index (Phi) is 6.42. The molecule has 2 aliphatic rings. The number of nitrogens with one attached hydrogen (secondary N) is 1.